The van der Waals surface area contributed by atoms with E-state index in [1.165, 1.54) is 6.07 Å². The van der Waals surface area contributed by atoms with Crippen LogP contribution in [-0.2, 0) is 16.6 Å². The maximum Gasteiger partial charge on any atom is 0.241 e. The van der Waals surface area contributed by atoms with Crippen molar-refractivity contribution in [1.82, 2.24) is 14.9 Å². The van der Waals surface area contributed by atoms with Crippen LogP contribution >= 0.6 is 0 Å². The summed E-state index contributed by atoms with van der Waals surface area (Å²) in [5, 5.41) is 15.7. The molecule has 0 saturated carbocycles. The molecule has 1 unspecified atom stereocenters. The van der Waals surface area contributed by atoms with Crippen molar-refractivity contribution >= 4 is 10.0 Å². The lowest BCUT2D eigenvalue weighted by Crippen LogP contribution is -2.27. The van der Waals surface area contributed by atoms with Gasteiger partial charge < -0.3 is 5.11 Å². The first-order valence-electron chi connectivity index (χ1n) is 6.16. The van der Waals surface area contributed by atoms with Crippen LogP contribution in [-0.4, -0.2) is 23.7 Å². The van der Waals surface area contributed by atoms with E-state index >= 15 is 0 Å². The van der Waals surface area contributed by atoms with Crippen LogP contribution in [0.3, 0.4) is 0 Å². The number of aromatic nitrogens is 2. The molecule has 2 aromatic rings. The summed E-state index contributed by atoms with van der Waals surface area (Å²) in [5.74, 6) is 0. The largest absolute Gasteiger partial charge is 0.392 e. The lowest BCUT2D eigenvalue weighted by atomic mass is 10.1. The number of benzene rings is 1. The summed E-state index contributed by atoms with van der Waals surface area (Å²) in [7, 11) is -3.65. The van der Waals surface area contributed by atoms with Crippen LogP contribution < -0.4 is 4.72 Å². The fourth-order valence-corrected chi connectivity index (χ4v) is 3.50. The van der Waals surface area contributed by atoms with Crippen LogP contribution in [0.5, 0.6) is 0 Å². The Morgan fingerprint density at radius 2 is 2.20 bits per heavy atom. The highest BCUT2D eigenvalue weighted by atomic mass is 32.2. The fourth-order valence-electron chi connectivity index (χ4n) is 1.98. The zero-order chi connectivity index (χ0) is 14.8. The van der Waals surface area contributed by atoms with Gasteiger partial charge in [-0.3, -0.25) is 5.10 Å². The number of aliphatic hydroxyl groups is 1. The number of rotatable bonds is 5. The molecule has 0 amide bonds. The molecule has 0 bridgehead atoms. The van der Waals surface area contributed by atoms with Gasteiger partial charge in [-0.2, -0.15) is 5.10 Å². The third-order valence-corrected chi connectivity index (χ3v) is 4.89. The Balaban J connectivity index is 2.31. The monoisotopic (exact) mass is 295 g/mol. The first kappa shape index (κ1) is 14.7. The minimum atomic E-state index is -3.65. The first-order valence-corrected chi connectivity index (χ1v) is 7.64. The third kappa shape index (κ3) is 2.90. The van der Waals surface area contributed by atoms with E-state index in [9.17, 15) is 13.5 Å². The highest BCUT2D eigenvalue weighted by Crippen LogP contribution is 2.21. The van der Waals surface area contributed by atoms with E-state index in [0.29, 0.717) is 11.1 Å². The van der Waals surface area contributed by atoms with Gasteiger partial charge in [0.25, 0.3) is 0 Å². The molecule has 108 valence electrons. The number of hydrogen-bond acceptors (Lipinski definition) is 4. The molecule has 0 aliphatic carbocycles. The van der Waals surface area contributed by atoms with Gasteiger partial charge >= 0.3 is 0 Å². The zero-order valence-corrected chi connectivity index (χ0v) is 12.1. The van der Waals surface area contributed by atoms with Crippen LogP contribution in [0.15, 0.2) is 35.5 Å². The summed E-state index contributed by atoms with van der Waals surface area (Å²) in [6.07, 6.45) is 3.22. The smallest absolute Gasteiger partial charge is 0.241 e. The summed E-state index contributed by atoms with van der Waals surface area (Å²) >= 11 is 0. The van der Waals surface area contributed by atoms with Crippen molar-refractivity contribution in [3.05, 3.63) is 47.3 Å². The lowest BCUT2D eigenvalue weighted by Gasteiger charge is -2.15. The number of aliphatic hydroxyl groups excluding tert-OH is 1. The average molecular weight is 295 g/mol. The van der Waals surface area contributed by atoms with E-state index in [1.807, 2.05) is 0 Å². The number of aromatic amines is 1. The van der Waals surface area contributed by atoms with Gasteiger partial charge in [-0.15, -0.1) is 0 Å². The molecule has 0 fully saturated rings. The van der Waals surface area contributed by atoms with Gasteiger partial charge in [0.15, 0.2) is 0 Å². The maximum absolute atomic E-state index is 12.4. The minimum absolute atomic E-state index is 0.180. The molecule has 7 heteroatoms. The second kappa shape index (κ2) is 5.74. The number of hydrogen-bond donors (Lipinski definition) is 3. The van der Waals surface area contributed by atoms with Crippen molar-refractivity contribution in [3.8, 4) is 0 Å². The van der Waals surface area contributed by atoms with Gasteiger partial charge in [0.2, 0.25) is 10.0 Å². The minimum Gasteiger partial charge on any atom is -0.392 e. The van der Waals surface area contributed by atoms with Crippen LogP contribution in [0.2, 0.25) is 0 Å². The van der Waals surface area contributed by atoms with Crippen molar-refractivity contribution in [2.45, 2.75) is 31.4 Å². The standard InChI is InChI=1S/C13H17N3O3S/c1-9-11(8-17)4-3-5-13(9)20(18,19)16-10(2)12-6-14-15-7-12/h3-7,10,16-17H,8H2,1-2H3,(H,14,15). The topological polar surface area (TPSA) is 95.1 Å². The van der Waals surface area contributed by atoms with Crippen molar-refractivity contribution in [2.24, 2.45) is 0 Å². The normalized spacial score (nSPS) is 13.3. The van der Waals surface area contributed by atoms with E-state index in [1.54, 1.807) is 38.4 Å². The number of nitrogens with one attached hydrogen (secondary N) is 2. The molecule has 2 rings (SSSR count). The van der Waals surface area contributed by atoms with Crippen molar-refractivity contribution in [2.75, 3.05) is 0 Å². The number of H-pyrrole nitrogens is 1. The molecular weight excluding hydrogens is 278 g/mol. The molecule has 1 heterocycles. The predicted octanol–water partition coefficient (Wildman–Crippen LogP) is 1.25. The molecule has 1 aromatic carbocycles. The molecular formula is C13H17N3O3S. The molecule has 20 heavy (non-hydrogen) atoms. The van der Waals surface area contributed by atoms with E-state index < -0.39 is 16.1 Å². The SMILES string of the molecule is Cc1c(CO)cccc1S(=O)(=O)NC(C)c1cn[nH]c1. The zero-order valence-electron chi connectivity index (χ0n) is 11.3. The molecule has 3 N–H and O–H groups in total. The Labute approximate surface area is 117 Å². The molecule has 0 aliphatic rings. The summed E-state index contributed by atoms with van der Waals surface area (Å²) < 4.78 is 27.4. The molecule has 0 spiro atoms. The van der Waals surface area contributed by atoms with Crippen LogP contribution in [0.4, 0.5) is 0 Å². The predicted molar refractivity (Wildman–Crippen MR) is 74.4 cm³/mol. The molecule has 0 saturated heterocycles. The summed E-state index contributed by atoms with van der Waals surface area (Å²) in [4.78, 5) is 0.180. The second-order valence-electron chi connectivity index (χ2n) is 4.57. The highest BCUT2D eigenvalue weighted by molar-refractivity contribution is 7.89. The van der Waals surface area contributed by atoms with Gasteiger partial charge in [-0.05, 0) is 31.0 Å². The number of nitrogens with zero attached hydrogens (tertiary/aromatic N) is 1. The fraction of sp³-hybridized carbons (Fsp3) is 0.308. The Kier molecular flexibility index (Phi) is 4.22. The van der Waals surface area contributed by atoms with Crippen molar-refractivity contribution in [1.29, 1.82) is 0 Å². The Morgan fingerprint density at radius 1 is 1.45 bits per heavy atom. The first-order chi connectivity index (χ1) is 9.45. The second-order valence-corrected chi connectivity index (χ2v) is 6.26. The van der Waals surface area contributed by atoms with Crippen molar-refractivity contribution in [3.63, 3.8) is 0 Å². The van der Waals surface area contributed by atoms with Gasteiger partial charge in [0, 0.05) is 17.8 Å². The van der Waals surface area contributed by atoms with Gasteiger partial charge in [0.05, 0.1) is 17.7 Å². The van der Waals surface area contributed by atoms with E-state index in [4.69, 9.17) is 0 Å². The van der Waals surface area contributed by atoms with E-state index in [2.05, 4.69) is 14.9 Å². The maximum atomic E-state index is 12.4. The molecule has 6 nitrogen and oxygen atoms in total. The van der Waals surface area contributed by atoms with Crippen LogP contribution in [0.1, 0.15) is 29.7 Å². The van der Waals surface area contributed by atoms with Gasteiger partial charge in [-0.25, -0.2) is 13.1 Å². The number of sulfonamides is 1. The van der Waals surface area contributed by atoms with E-state index in [0.717, 1.165) is 5.56 Å². The van der Waals surface area contributed by atoms with Crippen molar-refractivity contribution < 1.29 is 13.5 Å². The molecule has 0 radical (unpaired) electrons. The summed E-state index contributed by atoms with van der Waals surface area (Å²) in [5.41, 5.74) is 1.91. The summed E-state index contributed by atoms with van der Waals surface area (Å²) in [6, 6.07) is 4.46. The van der Waals surface area contributed by atoms with Gasteiger partial charge in [-0.1, -0.05) is 12.1 Å². The Morgan fingerprint density at radius 3 is 2.80 bits per heavy atom. The Hall–Kier alpha value is -1.70. The summed E-state index contributed by atoms with van der Waals surface area (Å²) in [6.45, 7) is 3.24. The molecule has 1 aromatic heterocycles. The highest BCUT2D eigenvalue weighted by Gasteiger charge is 2.21. The third-order valence-electron chi connectivity index (χ3n) is 3.21. The van der Waals surface area contributed by atoms with Crippen LogP contribution in [0, 0.1) is 6.92 Å². The Bertz CT molecular complexity index is 681. The molecule has 0 aliphatic heterocycles. The average Bonchev–Trinajstić information content (AvgIpc) is 2.92. The molecule has 1 atom stereocenters. The quantitative estimate of drug-likeness (QED) is 0.773. The van der Waals surface area contributed by atoms with Gasteiger partial charge in [0.1, 0.15) is 0 Å². The lowest BCUT2D eigenvalue weighted by molar-refractivity contribution is 0.280. The van der Waals surface area contributed by atoms with E-state index in [-0.39, 0.29) is 11.5 Å². The van der Waals surface area contributed by atoms with Crippen LogP contribution in [0.25, 0.3) is 0 Å².